The van der Waals surface area contributed by atoms with E-state index in [1.54, 1.807) is 18.4 Å². The molecule has 0 aliphatic carbocycles. The van der Waals surface area contributed by atoms with Crippen molar-refractivity contribution in [3.63, 3.8) is 0 Å². The fraction of sp³-hybridized carbons (Fsp3) is 0.250. The van der Waals surface area contributed by atoms with E-state index < -0.39 is 11.2 Å². The summed E-state index contributed by atoms with van der Waals surface area (Å²) in [6, 6.07) is 16.6. The lowest BCUT2D eigenvalue weighted by Crippen LogP contribution is -2.40. The van der Waals surface area contributed by atoms with E-state index in [0.717, 1.165) is 45.8 Å². The van der Waals surface area contributed by atoms with E-state index in [-0.39, 0.29) is 0 Å². The predicted octanol–water partition coefficient (Wildman–Crippen LogP) is 4.05. The molecule has 1 aliphatic heterocycles. The van der Waals surface area contributed by atoms with Crippen LogP contribution in [0.2, 0.25) is 0 Å². The van der Waals surface area contributed by atoms with Gasteiger partial charge in [0.15, 0.2) is 0 Å². The van der Waals surface area contributed by atoms with Gasteiger partial charge in [-0.3, -0.25) is 0 Å². The molecule has 2 heterocycles. The Morgan fingerprint density at radius 3 is 2.58 bits per heavy atom. The van der Waals surface area contributed by atoms with Crippen molar-refractivity contribution in [3.05, 3.63) is 54.7 Å². The van der Waals surface area contributed by atoms with Gasteiger partial charge in [0.05, 0.1) is 25.1 Å². The first-order valence-electron chi connectivity index (χ1n) is 8.53. The van der Waals surface area contributed by atoms with Crippen LogP contribution in [-0.2, 0) is 11.2 Å². The number of thiazole rings is 1. The second kappa shape index (κ2) is 7.70. The average molecular weight is 385 g/mol. The normalized spacial score (nSPS) is 15.2. The van der Waals surface area contributed by atoms with Crippen LogP contribution >= 0.6 is 11.3 Å². The highest BCUT2D eigenvalue weighted by Gasteiger charge is 2.19. The molecule has 0 radical (unpaired) electrons. The van der Waals surface area contributed by atoms with Gasteiger partial charge in [-0.1, -0.05) is 35.4 Å². The van der Waals surface area contributed by atoms with Crippen LogP contribution in [0.15, 0.2) is 54.7 Å². The lowest BCUT2D eigenvalue weighted by molar-refractivity contribution is 0.415. The molecule has 0 atom stereocenters. The SMILES string of the molecule is COc1cccc(-c2ncc(-c3ccc(N4CC[S+]([O-])CC4)cc3)s2)c1. The third-order valence-corrected chi connectivity index (χ3v) is 6.89. The van der Waals surface area contributed by atoms with Crippen molar-refractivity contribution in [3.8, 4) is 26.8 Å². The molecule has 1 saturated heterocycles. The van der Waals surface area contributed by atoms with Gasteiger partial charge in [0, 0.05) is 17.4 Å². The summed E-state index contributed by atoms with van der Waals surface area (Å²) in [7, 11) is 1.67. The largest absolute Gasteiger partial charge is 0.616 e. The lowest BCUT2D eigenvalue weighted by atomic mass is 10.1. The van der Waals surface area contributed by atoms with Gasteiger partial charge in [-0.05, 0) is 29.8 Å². The van der Waals surface area contributed by atoms with Crippen LogP contribution < -0.4 is 9.64 Å². The summed E-state index contributed by atoms with van der Waals surface area (Å²) in [5, 5.41) is 0.987. The summed E-state index contributed by atoms with van der Waals surface area (Å²) < 4.78 is 16.8. The minimum atomic E-state index is -0.644. The highest BCUT2D eigenvalue weighted by Crippen LogP contribution is 2.34. The molecule has 1 aliphatic rings. The number of anilines is 1. The van der Waals surface area contributed by atoms with Crippen LogP contribution in [0.4, 0.5) is 5.69 Å². The van der Waals surface area contributed by atoms with Crippen molar-refractivity contribution in [2.75, 3.05) is 36.6 Å². The first-order valence-corrected chi connectivity index (χ1v) is 10.8. The summed E-state index contributed by atoms with van der Waals surface area (Å²) in [5.74, 6) is 2.37. The van der Waals surface area contributed by atoms with Crippen molar-refractivity contribution < 1.29 is 9.29 Å². The number of methoxy groups -OCH3 is 1. The molecule has 0 saturated carbocycles. The standard InChI is InChI=1S/C20H20N2O2S2/c1-24-18-4-2-3-16(13-18)20-21-14-19(25-20)15-5-7-17(8-6-15)22-9-11-26(23)12-10-22/h2-8,13-14H,9-12H2,1H3. The number of ether oxygens (including phenoxy) is 1. The minimum Gasteiger partial charge on any atom is -0.616 e. The van der Waals surface area contributed by atoms with E-state index in [2.05, 4.69) is 40.2 Å². The molecular formula is C20H20N2O2S2. The number of nitrogens with zero attached hydrogens (tertiary/aromatic N) is 2. The molecule has 26 heavy (non-hydrogen) atoms. The molecule has 4 rings (SSSR count). The summed E-state index contributed by atoms with van der Waals surface area (Å²) in [6.07, 6.45) is 1.93. The second-order valence-corrected chi connectivity index (χ2v) is 8.87. The van der Waals surface area contributed by atoms with Gasteiger partial charge in [0.1, 0.15) is 22.3 Å². The maximum Gasteiger partial charge on any atom is 0.124 e. The highest BCUT2D eigenvalue weighted by molar-refractivity contribution is 7.91. The molecule has 0 bridgehead atoms. The van der Waals surface area contributed by atoms with Gasteiger partial charge in [-0.2, -0.15) is 0 Å². The molecular weight excluding hydrogens is 364 g/mol. The van der Waals surface area contributed by atoms with Gasteiger partial charge in [0.25, 0.3) is 0 Å². The van der Waals surface area contributed by atoms with Crippen LogP contribution in [-0.4, -0.2) is 41.2 Å². The third kappa shape index (κ3) is 3.72. The summed E-state index contributed by atoms with van der Waals surface area (Å²) in [4.78, 5) is 8.03. The number of benzene rings is 2. The monoisotopic (exact) mass is 384 g/mol. The molecule has 0 amide bonds. The quantitative estimate of drug-likeness (QED) is 0.637. The van der Waals surface area contributed by atoms with E-state index >= 15 is 0 Å². The Morgan fingerprint density at radius 2 is 1.85 bits per heavy atom. The lowest BCUT2D eigenvalue weighted by Gasteiger charge is -2.29. The van der Waals surface area contributed by atoms with Crippen LogP contribution in [0.25, 0.3) is 21.0 Å². The van der Waals surface area contributed by atoms with E-state index in [0.29, 0.717) is 0 Å². The zero-order valence-corrected chi connectivity index (χ0v) is 16.2. The number of hydrogen-bond donors (Lipinski definition) is 0. The predicted molar refractivity (Wildman–Crippen MR) is 110 cm³/mol. The Bertz CT molecular complexity index is 872. The molecule has 134 valence electrons. The first-order chi connectivity index (χ1) is 12.7. The van der Waals surface area contributed by atoms with E-state index in [9.17, 15) is 4.55 Å². The fourth-order valence-electron chi connectivity index (χ4n) is 3.03. The first kappa shape index (κ1) is 17.4. The second-order valence-electron chi connectivity index (χ2n) is 6.14. The van der Waals surface area contributed by atoms with Crippen molar-refractivity contribution >= 4 is 28.2 Å². The molecule has 1 fully saturated rings. The number of hydrogen-bond acceptors (Lipinski definition) is 5. The zero-order valence-electron chi connectivity index (χ0n) is 14.6. The van der Waals surface area contributed by atoms with Gasteiger partial charge in [-0.25, -0.2) is 4.98 Å². The van der Waals surface area contributed by atoms with Crippen molar-refractivity contribution in [2.45, 2.75) is 0 Å². The number of aromatic nitrogens is 1. The zero-order chi connectivity index (χ0) is 17.9. The minimum absolute atomic E-state index is 0.644. The smallest absolute Gasteiger partial charge is 0.124 e. The summed E-state index contributed by atoms with van der Waals surface area (Å²) in [5.41, 5.74) is 3.43. The molecule has 0 spiro atoms. The molecule has 2 aromatic carbocycles. The topological polar surface area (TPSA) is 48.4 Å². The third-order valence-electron chi connectivity index (χ3n) is 4.52. The summed E-state index contributed by atoms with van der Waals surface area (Å²) >= 11 is 1.04. The average Bonchev–Trinajstić information content (AvgIpc) is 3.19. The van der Waals surface area contributed by atoms with Gasteiger partial charge < -0.3 is 14.2 Å². The molecule has 3 aromatic rings. The Balaban J connectivity index is 1.52. The van der Waals surface area contributed by atoms with Gasteiger partial charge in [0.2, 0.25) is 0 Å². The highest BCUT2D eigenvalue weighted by atomic mass is 32.2. The van der Waals surface area contributed by atoms with E-state index in [1.807, 2.05) is 24.4 Å². The van der Waals surface area contributed by atoms with Crippen molar-refractivity contribution in [2.24, 2.45) is 0 Å². The Hall–Kier alpha value is -2.02. The Kier molecular flexibility index (Phi) is 5.15. The Morgan fingerprint density at radius 1 is 1.08 bits per heavy atom. The maximum atomic E-state index is 11.5. The van der Waals surface area contributed by atoms with E-state index in [4.69, 9.17) is 4.74 Å². The van der Waals surface area contributed by atoms with Crippen LogP contribution in [0.1, 0.15) is 0 Å². The molecule has 6 heteroatoms. The molecule has 4 nitrogen and oxygen atoms in total. The van der Waals surface area contributed by atoms with Gasteiger partial charge in [-0.15, -0.1) is 11.3 Å². The maximum absolute atomic E-state index is 11.5. The van der Waals surface area contributed by atoms with Crippen LogP contribution in [0.5, 0.6) is 5.75 Å². The van der Waals surface area contributed by atoms with Gasteiger partial charge >= 0.3 is 0 Å². The molecule has 0 N–H and O–H groups in total. The Labute approximate surface area is 160 Å². The van der Waals surface area contributed by atoms with E-state index in [1.165, 1.54) is 11.3 Å². The van der Waals surface area contributed by atoms with Crippen LogP contribution in [0.3, 0.4) is 0 Å². The van der Waals surface area contributed by atoms with Crippen molar-refractivity contribution in [1.82, 2.24) is 4.98 Å². The molecule has 1 aromatic heterocycles. The van der Waals surface area contributed by atoms with Crippen molar-refractivity contribution in [1.29, 1.82) is 0 Å². The molecule has 0 unspecified atom stereocenters. The summed E-state index contributed by atoms with van der Waals surface area (Å²) in [6.45, 7) is 1.74. The van der Waals surface area contributed by atoms with Crippen LogP contribution in [0, 0.1) is 0 Å². The fourth-order valence-corrected chi connectivity index (χ4v) is 5.00. The number of rotatable bonds is 4.